The molecule has 1 rings (SSSR count). The van der Waals surface area contributed by atoms with E-state index in [1.165, 1.54) is 0 Å². The summed E-state index contributed by atoms with van der Waals surface area (Å²) in [6.45, 7) is 1.79. The van der Waals surface area contributed by atoms with Gasteiger partial charge in [-0.05, 0) is 13.0 Å². The fraction of sp³-hybridized carbons (Fsp3) is 0.750. The Balaban J connectivity index is 2.34. The van der Waals surface area contributed by atoms with Crippen molar-refractivity contribution in [1.29, 1.82) is 0 Å². The summed E-state index contributed by atoms with van der Waals surface area (Å²) in [6, 6.07) is 0. The average molecular weight is 139 g/mol. The molecular formula is C8H13NO. The smallest absolute Gasteiger partial charge is 0.0601 e. The zero-order chi connectivity index (χ0) is 7.40. The number of piperidine rings is 1. The summed E-state index contributed by atoms with van der Waals surface area (Å²) >= 11 is 0. The number of rotatable bonds is 1. The lowest BCUT2D eigenvalue weighted by atomic mass is 9.93. The van der Waals surface area contributed by atoms with E-state index in [9.17, 15) is 5.11 Å². The molecule has 1 fully saturated rings. The van der Waals surface area contributed by atoms with Gasteiger partial charge in [-0.25, -0.2) is 0 Å². The monoisotopic (exact) mass is 139 g/mol. The molecule has 1 saturated heterocycles. The van der Waals surface area contributed by atoms with Crippen LogP contribution in [-0.2, 0) is 0 Å². The fourth-order valence-electron chi connectivity index (χ4n) is 1.27. The number of hydrogen-bond acceptors (Lipinski definition) is 2. The molecule has 0 aromatic heterocycles. The lowest BCUT2D eigenvalue weighted by molar-refractivity contribution is 0.0816. The van der Waals surface area contributed by atoms with Crippen LogP contribution < -0.4 is 5.32 Å². The van der Waals surface area contributed by atoms with Crippen LogP contribution in [0.15, 0.2) is 0 Å². The highest BCUT2D eigenvalue weighted by Gasteiger charge is 2.21. The molecule has 2 nitrogen and oxygen atoms in total. The summed E-state index contributed by atoms with van der Waals surface area (Å²) < 4.78 is 0. The highest BCUT2D eigenvalue weighted by atomic mass is 16.3. The van der Waals surface area contributed by atoms with Crippen molar-refractivity contribution < 1.29 is 5.11 Å². The van der Waals surface area contributed by atoms with Crippen molar-refractivity contribution in [2.24, 2.45) is 5.92 Å². The Hall–Kier alpha value is -0.520. The summed E-state index contributed by atoms with van der Waals surface area (Å²) in [5, 5.41) is 12.6. The van der Waals surface area contributed by atoms with E-state index in [4.69, 9.17) is 6.42 Å². The second kappa shape index (κ2) is 3.60. The van der Waals surface area contributed by atoms with Gasteiger partial charge in [0.2, 0.25) is 0 Å². The summed E-state index contributed by atoms with van der Waals surface area (Å²) in [5.74, 6) is 2.84. The lowest BCUT2D eigenvalue weighted by Crippen LogP contribution is -2.39. The molecule has 1 aliphatic rings. The van der Waals surface area contributed by atoms with Crippen LogP contribution in [0.1, 0.15) is 12.8 Å². The molecule has 56 valence electrons. The molecule has 0 radical (unpaired) electrons. The van der Waals surface area contributed by atoms with Gasteiger partial charge < -0.3 is 10.4 Å². The first-order chi connectivity index (χ1) is 4.84. The molecule has 2 N–H and O–H groups in total. The fourth-order valence-corrected chi connectivity index (χ4v) is 1.27. The van der Waals surface area contributed by atoms with Crippen LogP contribution in [-0.4, -0.2) is 24.3 Å². The third kappa shape index (κ3) is 1.73. The topological polar surface area (TPSA) is 32.3 Å². The molecule has 0 amide bonds. The van der Waals surface area contributed by atoms with Gasteiger partial charge in [0.15, 0.2) is 0 Å². The molecule has 0 aromatic carbocycles. The van der Waals surface area contributed by atoms with Crippen molar-refractivity contribution in [2.75, 3.05) is 13.1 Å². The van der Waals surface area contributed by atoms with Gasteiger partial charge in [0.25, 0.3) is 0 Å². The molecule has 10 heavy (non-hydrogen) atoms. The Kier molecular flexibility index (Phi) is 2.73. The van der Waals surface area contributed by atoms with Gasteiger partial charge in [0.05, 0.1) is 6.10 Å². The van der Waals surface area contributed by atoms with Gasteiger partial charge in [-0.15, -0.1) is 12.3 Å². The van der Waals surface area contributed by atoms with Gasteiger partial charge in [-0.2, -0.15) is 0 Å². The molecule has 2 unspecified atom stereocenters. The van der Waals surface area contributed by atoms with Gasteiger partial charge in [-0.1, -0.05) is 0 Å². The number of aliphatic hydroxyl groups is 1. The molecule has 2 heteroatoms. The van der Waals surface area contributed by atoms with Crippen LogP contribution in [0.2, 0.25) is 0 Å². The molecule has 0 aromatic rings. The van der Waals surface area contributed by atoms with E-state index in [-0.39, 0.29) is 12.0 Å². The molecular weight excluding hydrogens is 126 g/mol. The van der Waals surface area contributed by atoms with E-state index < -0.39 is 0 Å². The number of terminal acetylenes is 1. The molecule has 0 saturated carbocycles. The number of aliphatic hydroxyl groups excluding tert-OH is 1. The van der Waals surface area contributed by atoms with Gasteiger partial charge >= 0.3 is 0 Å². The third-order valence-corrected chi connectivity index (χ3v) is 1.95. The quantitative estimate of drug-likeness (QED) is 0.500. The minimum absolute atomic E-state index is 0.183. The van der Waals surface area contributed by atoms with Gasteiger partial charge in [-0.3, -0.25) is 0 Å². The Morgan fingerprint density at radius 2 is 2.50 bits per heavy atom. The predicted octanol–water partition coefficient (Wildman–Crippen LogP) is -0.0199. The van der Waals surface area contributed by atoms with E-state index in [1.807, 2.05) is 0 Å². The van der Waals surface area contributed by atoms with Crippen molar-refractivity contribution >= 4 is 0 Å². The molecule has 1 aliphatic heterocycles. The van der Waals surface area contributed by atoms with Crippen molar-refractivity contribution in [1.82, 2.24) is 5.32 Å². The first-order valence-corrected chi connectivity index (χ1v) is 3.67. The first kappa shape index (κ1) is 7.59. The highest BCUT2D eigenvalue weighted by Crippen LogP contribution is 2.13. The first-order valence-electron chi connectivity index (χ1n) is 3.67. The number of nitrogens with one attached hydrogen (secondary N) is 1. The zero-order valence-electron chi connectivity index (χ0n) is 6.01. The second-order valence-electron chi connectivity index (χ2n) is 2.73. The standard InChI is InChI=1S/C8H13NO/c1-2-3-7-6-9-5-4-8(7)10/h1,7-10H,3-6H2. The SMILES string of the molecule is C#CCC1CNCCC1O. The molecule has 2 atom stereocenters. The summed E-state index contributed by atoms with van der Waals surface area (Å²) in [5.41, 5.74) is 0. The van der Waals surface area contributed by atoms with Crippen LogP contribution in [0.25, 0.3) is 0 Å². The molecule has 1 heterocycles. The molecule has 0 bridgehead atoms. The van der Waals surface area contributed by atoms with E-state index in [1.54, 1.807) is 0 Å². The molecule has 0 spiro atoms. The number of hydrogen-bond donors (Lipinski definition) is 2. The van der Waals surface area contributed by atoms with E-state index in [0.717, 1.165) is 19.5 Å². The Bertz CT molecular complexity index is 139. The van der Waals surface area contributed by atoms with Crippen molar-refractivity contribution in [3.8, 4) is 12.3 Å². The Morgan fingerprint density at radius 1 is 1.70 bits per heavy atom. The molecule has 0 aliphatic carbocycles. The van der Waals surface area contributed by atoms with Gasteiger partial charge in [0.1, 0.15) is 0 Å². The Morgan fingerprint density at radius 3 is 3.10 bits per heavy atom. The normalized spacial score (nSPS) is 33.2. The average Bonchev–Trinajstić information content (AvgIpc) is 1.94. The zero-order valence-corrected chi connectivity index (χ0v) is 6.01. The minimum atomic E-state index is -0.183. The maximum Gasteiger partial charge on any atom is 0.0601 e. The maximum absolute atomic E-state index is 9.36. The van der Waals surface area contributed by atoms with Crippen molar-refractivity contribution in [2.45, 2.75) is 18.9 Å². The van der Waals surface area contributed by atoms with Crippen molar-refractivity contribution in [3.05, 3.63) is 0 Å². The van der Waals surface area contributed by atoms with Crippen molar-refractivity contribution in [3.63, 3.8) is 0 Å². The van der Waals surface area contributed by atoms with Crippen LogP contribution in [0.3, 0.4) is 0 Å². The second-order valence-corrected chi connectivity index (χ2v) is 2.73. The van der Waals surface area contributed by atoms with E-state index in [2.05, 4.69) is 11.2 Å². The third-order valence-electron chi connectivity index (χ3n) is 1.95. The van der Waals surface area contributed by atoms with Crippen LogP contribution in [0.5, 0.6) is 0 Å². The van der Waals surface area contributed by atoms with Crippen LogP contribution in [0, 0.1) is 18.3 Å². The summed E-state index contributed by atoms with van der Waals surface area (Å²) in [4.78, 5) is 0. The van der Waals surface area contributed by atoms with Crippen LogP contribution >= 0.6 is 0 Å². The summed E-state index contributed by atoms with van der Waals surface area (Å²) in [6.07, 6.45) is 6.48. The maximum atomic E-state index is 9.36. The van der Waals surface area contributed by atoms with E-state index in [0.29, 0.717) is 6.42 Å². The highest BCUT2D eigenvalue weighted by molar-refractivity contribution is 4.91. The summed E-state index contributed by atoms with van der Waals surface area (Å²) in [7, 11) is 0. The van der Waals surface area contributed by atoms with Crippen LogP contribution in [0.4, 0.5) is 0 Å². The largest absolute Gasteiger partial charge is 0.393 e. The van der Waals surface area contributed by atoms with Gasteiger partial charge in [0, 0.05) is 18.9 Å². The predicted molar refractivity (Wildman–Crippen MR) is 40.4 cm³/mol. The minimum Gasteiger partial charge on any atom is -0.393 e. The Labute approximate surface area is 61.6 Å². The van der Waals surface area contributed by atoms with E-state index >= 15 is 0 Å². The lowest BCUT2D eigenvalue weighted by Gasteiger charge is -2.26.